The fraction of sp³-hybridized carbons (Fsp3) is 0.154. The lowest BCUT2D eigenvalue weighted by molar-refractivity contribution is 0.0690. The van der Waals surface area contributed by atoms with E-state index < -0.39 is 29.3 Å². The van der Waals surface area contributed by atoms with Crippen molar-refractivity contribution in [2.24, 2.45) is 0 Å². The molecule has 1 heterocycles. The molecule has 0 aliphatic rings. The monoisotopic (exact) mass is 362 g/mol. The van der Waals surface area contributed by atoms with E-state index in [2.05, 4.69) is 15.9 Å². The van der Waals surface area contributed by atoms with Gasteiger partial charge in [0.2, 0.25) is 0 Å². The maximum atomic E-state index is 13.3. The average Bonchev–Trinajstić information content (AvgIpc) is 2.70. The minimum atomic E-state index is -1.43. The number of hydrogen-bond acceptors (Lipinski definition) is 3. The van der Waals surface area contributed by atoms with Gasteiger partial charge >= 0.3 is 5.97 Å². The summed E-state index contributed by atoms with van der Waals surface area (Å²) >= 11 is 4.49. The number of rotatable bonds is 3. The molecule has 7 heteroatoms. The van der Waals surface area contributed by atoms with Crippen LogP contribution in [0.4, 0.5) is 8.78 Å². The van der Waals surface area contributed by atoms with Crippen LogP contribution in [-0.2, 0) is 0 Å². The van der Waals surface area contributed by atoms with Crippen molar-refractivity contribution in [3.63, 3.8) is 0 Å². The molecule has 0 spiro atoms. The lowest BCUT2D eigenvalue weighted by atomic mass is 10.0. The summed E-state index contributed by atoms with van der Waals surface area (Å²) in [4.78, 5) is 12.4. The zero-order valence-electron chi connectivity index (χ0n) is 10.2. The van der Waals surface area contributed by atoms with E-state index in [1.54, 1.807) is 6.07 Å². The molecule has 0 saturated carbocycles. The molecule has 0 bridgehead atoms. The van der Waals surface area contributed by atoms with Gasteiger partial charge in [-0.3, -0.25) is 0 Å². The number of aliphatic hydroxyl groups is 1. The minimum Gasteiger partial charge on any atom is -0.478 e. The number of aryl methyl sites for hydroxylation is 1. The average molecular weight is 363 g/mol. The molecule has 1 atom stereocenters. The molecule has 2 rings (SSSR count). The van der Waals surface area contributed by atoms with Crippen LogP contribution in [0.15, 0.2) is 22.7 Å². The van der Waals surface area contributed by atoms with Crippen molar-refractivity contribution in [2.75, 3.05) is 0 Å². The second kappa shape index (κ2) is 5.59. The molecule has 20 heavy (non-hydrogen) atoms. The van der Waals surface area contributed by atoms with Crippen LogP contribution in [0.1, 0.15) is 31.8 Å². The van der Waals surface area contributed by atoms with Crippen molar-refractivity contribution in [2.45, 2.75) is 13.0 Å². The van der Waals surface area contributed by atoms with Crippen LogP contribution >= 0.6 is 27.3 Å². The molecule has 1 aromatic carbocycles. The summed E-state index contributed by atoms with van der Waals surface area (Å²) in [5.41, 5.74) is -0.645. The van der Waals surface area contributed by atoms with Gasteiger partial charge in [-0.2, -0.15) is 0 Å². The van der Waals surface area contributed by atoms with Crippen LogP contribution in [0.2, 0.25) is 0 Å². The Bertz CT molecular complexity index is 684. The molecular formula is C13H9BrF2O3S. The summed E-state index contributed by atoms with van der Waals surface area (Å²) in [6.45, 7) is 1.81. The molecule has 0 amide bonds. The highest BCUT2D eigenvalue weighted by Crippen LogP contribution is 2.37. The van der Waals surface area contributed by atoms with E-state index in [4.69, 9.17) is 5.11 Å². The van der Waals surface area contributed by atoms with E-state index >= 15 is 0 Å². The Morgan fingerprint density at radius 3 is 2.40 bits per heavy atom. The maximum Gasteiger partial charge on any atom is 0.336 e. The van der Waals surface area contributed by atoms with Crippen LogP contribution in [0.5, 0.6) is 0 Å². The number of aromatic carboxylic acids is 1. The van der Waals surface area contributed by atoms with Gasteiger partial charge in [0, 0.05) is 14.9 Å². The van der Waals surface area contributed by atoms with Crippen molar-refractivity contribution in [3.8, 4) is 0 Å². The molecular weight excluding hydrogens is 354 g/mol. The minimum absolute atomic E-state index is 0.182. The molecule has 2 aromatic rings. The third kappa shape index (κ3) is 2.74. The topological polar surface area (TPSA) is 57.5 Å². The Morgan fingerprint density at radius 2 is 1.90 bits per heavy atom. The third-order valence-electron chi connectivity index (χ3n) is 2.70. The second-order valence-electron chi connectivity index (χ2n) is 4.13. The van der Waals surface area contributed by atoms with Gasteiger partial charge in [0.25, 0.3) is 0 Å². The largest absolute Gasteiger partial charge is 0.478 e. The van der Waals surface area contributed by atoms with Gasteiger partial charge < -0.3 is 10.2 Å². The Labute approximate surface area is 125 Å². The first kappa shape index (κ1) is 15.1. The molecule has 0 saturated heterocycles. The van der Waals surface area contributed by atoms with E-state index in [0.29, 0.717) is 21.5 Å². The van der Waals surface area contributed by atoms with Gasteiger partial charge in [-0.25, -0.2) is 13.6 Å². The van der Waals surface area contributed by atoms with Crippen LogP contribution in [0.25, 0.3) is 0 Å². The number of hydrogen-bond donors (Lipinski definition) is 2. The predicted octanol–water partition coefficient (Wildman–Crippen LogP) is 3.88. The zero-order chi connectivity index (χ0) is 15.0. The van der Waals surface area contributed by atoms with Crippen LogP contribution in [-0.4, -0.2) is 16.2 Å². The van der Waals surface area contributed by atoms with E-state index in [0.717, 1.165) is 4.88 Å². The fourth-order valence-electron chi connectivity index (χ4n) is 1.80. The first-order chi connectivity index (χ1) is 9.31. The Balaban J connectivity index is 2.59. The summed E-state index contributed by atoms with van der Waals surface area (Å²) < 4.78 is 27.1. The van der Waals surface area contributed by atoms with Crippen molar-refractivity contribution >= 4 is 33.2 Å². The summed E-state index contributed by atoms with van der Waals surface area (Å²) in [5.74, 6) is -3.89. The molecule has 0 radical (unpaired) electrons. The number of benzene rings is 1. The van der Waals surface area contributed by atoms with Gasteiger partial charge in [0.05, 0.1) is 10.4 Å². The molecule has 1 unspecified atom stereocenters. The molecule has 0 aliphatic heterocycles. The highest BCUT2D eigenvalue weighted by molar-refractivity contribution is 9.10. The molecule has 0 fully saturated rings. The number of carboxylic acids is 1. The number of carboxylic acid groups (broad SMARTS) is 1. The maximum absolute atomic E-state index is 13.3. The molecule has 0 aliphatic carbocycles. The normalized spacial score (nSPS) is 12.4. The number of halogens is 3. The highest BCUT2D eigenvalue weighted by Gasteiger charge is 2.24. The first-order valence-electron chi connectivity index (χ1n) is 5.47. The second-order valence-corrected chi connectivity index (χ2v) is 6.27. The Kier molecular flexibility index (Phi) is 4.22. The summed E-state index contributed by atoms with van der Waals surface area (Å²) in [6.07, 6.45) is -1.34. The fourth-order valence-corrected chi connectivity index (χ4v) is 3.68. The lowest BCUT2D eigenvalue weighted by Gasteiger charge is -2.13. The standard InChI is InChI=1S/C13H9BrF2O3S/c1-5-2-8(14)12(20-5)11(17)6-3-9(15)10(16)4-7(6)13(18)19/h2-4,11,17H,1H3,(H,18,19). The summed E-state index contributed by atoms with van der Waals surface area (Å²) in [6, 6.07) is 3.04. The Hall–Kier alpha value is -1.31. The number of carbonyl (C=O) groups is 1. The third-order valence-corrected chi connectivity index (χ3v) is 4.72. The van der Waals surface area contributed by atoms with Gasteiger partial charge in [-0.05, 0) is 41.1 Å². The van der Waals surface area contributed by atoms with Crippen molar-refractivity contribution < 1.29 is 23.8 Å². The van der Waals surface area contributed by atoms with Gasteiger partial charge in [-0.15, -0.1) is 11.3 Å². The SMILES string of the molecule is Cc1cc(Br)c(C(O)c2cc(F)c(F)cc2C(=O)O)s1. The first-order valence-corrected chi connectivity index (χ1v) is 7.08. The van der Waals surface area contributed by atoms with Gasteiger partial charge in [0.1, 0.15) is 6.10 Å². The molecule has 1 aromatic heterocycles. The van der Waals surface area contributed by atoms with E-state index in [-0.39, 0.29) is 5.56 Å². The summed E-state index contributed by atoms with van der Waals surface area (Å²) in [5, 5.41) is 19.3. The Morgan fingerprint density at radius 1 is 1.30 bits per heavy atom. The van der Waals surface area contributed by atoms with Crippen molar-refractivity contribution in [3.05, 3.63) is 55.2 Å². The van der Waals surface area contributed by atoms with Crippen LogP contribution in [0.3, 0.4) is 0 Å². The molecule has 3 nitrogen and oxygen atoms in total. The van der Waals surface area contributed by atoms with E-state index in [1.807, 2.05) is 6.92 Å². The van der Waals surface area contributed by atoms with Crippen molar-refractivity contribution in [1.82, 2.24) is 0 Å². The smallest absolute Gasteiger partial charge is 0.336 e. The van der Waals surface area contributed by atoms with Crippen LogP contribution in [0, 0.1) is 18.6 Å². The van der Waals surface area contributed by atoms with E-state index in [1.165, 1.54) is 11.3 Å². The van der Waals surface area contributed by atoms with Gasteiger partial charge in [-0.1, -0.05) is 0 Å². The lowest BCUT2D eigenvalue weighted by Crippen LogP contribution is -2.09. The summed E-state index contributed by atoms with van der Waals surface area (Å²) in [7, 11) is 0. The van der Waals surface area contributed by atoms with Gasteiger partial charge in [0.15, 0.2) is 11.6 Å². The molecule has 106 valence electrons. The predicted molar refractivity (Wildman–Crippen MR) is 74.1 cm³/mol. The number of thiophene rings is 1. The molecule has 2 N–H and O–H groups in total. The van der Waals surface area contributed by atoms with Crippen LogP contribution < -0.4 is 0 Å². The zero-order valence-corrected chi connectivity index (χ0v) is 12.6. The highest BCUT2D eigenvalue weighted by atomic mass is 79.9. The van der Waals surface area contributed by atoms with Crippen molar-refractivity contribution in [1.29, 1.82) is 0 Å². The van der Waals surface area contributed by atoms with E-state index in [9.17, 15) is 18.7 Å². The number of aliphatic hydroxyl groups excluding tert-OH is 1. The quantitative estimate of drug-likeness (QED) is 0.870.